The first-order valence-electron chi connectivity index (χ1n) is 13.0. The van der Waals surface area contributed by atoms with Crippen LogP contribution in [0, 0.1) is 6.92 Å². The lowest BCUT2D eigenvalue weighted by atomic mass is 9.98. The van der Waals surface area contributed by atoms with E-state index in [4.69, 9.17) is 34.2 Å². The number of aryl methyl sites for hydroxylation is 1. The fourth-order valence-corrected chi connectivity index (χ4v) is 4.27. The standard InChI is InChI=1S/C29H34N2O11.H2O/c1-15-9-10-20(11-23(15)31-28(36)21-7-6-8-22(30)12-21)13-38-29-27(41-19(5)35)26(40-18(4)34)25(39-17(3)33)24(42-29)14-37-16(2)32;/h6-12,24-27,29H,13-14,30H2,1-5H3,(H,31,36);1H2/t24-,25-,26+,27-,29-;/m1./s1. The number of esters is 4. The monoisotopic (exact) mass is 604 g/mol. The van der Waals surface area contributed by atoms with Gasteiger partial charge in [-0.3, -0.25) is 24.0 Å². The molecule has 5 atom stereocenters. The lowest BCUT2D eigenvalue weighted by Gasteiger charge is -2.44. The van der Waals surface area contributed by atoms with Gasteiger partial charge in [0.05, 0.1) is 6.61 Å². The van der Waals surface area contributed by atoms with Crippen LogP contribution >= 0.6 is 0 Å². The van der Waals surface area contributed by atoms with E-state index in [0.29, 0.717) is 22.5 Å². The zero-order valence-corrected chi connectivity index (χ0v) is 24.4. The molecule has 1 saturated heterocycles. The maximum atomic E-state index is 12.8. The molecule has 14 heteroatoms. The van der Waals surface area contributed by atoms with E-state index in [1.165, 1.54) is 6.92 Å². The molecule has 0 saturated carbocycles. The van der Waals surface area contributed by atoms with Crippen LogP contribution in [-0.2, 0) is 54.2 Å². The summed E-state index contributed by atoms with van der Waals surface area (Å²) in [5, 5.41) is 2.85. The third-order valence-electron chi connectivity index (χ3n) is 6.06. The van der Waals surface area contributed by atoms with Gasteiger partial charge in [-0.2, -0.15) is 0 Å². The van der Waals surface area contributed by atoms with Gasteiger partial charge in [-0.05, 0) is 42.3 Å². The maximum Gasteiger partial charge on any atom is 0.303 e. The third kappa shape index (κ3) is 10.1. The Labute approximate surface area is 248 Å². The molecule has 0 bridgehead atoms. The van der Waals surface area contributed by atoms with Crippen molar-refractivity contribution in [2.45, 2.75) is 71.9 Å². The highest BCUT2D eigenvalue weighted by Crippen LogP contribution is 2.31. The summed E-state index contributed by atoms with van der Waals surface area (Å²) in [5.41, 5.74) is 8.53. The molecule has 1 heterocycles. The van der Waals surface area contributed by atoms with Gasteiger partial charge in [-0.25, -0.2) is 0 Å². The lowest BCUT2D eigenvalue weighted by molar-refractivity contribution is -0.310. The molecule has 43 heavy (non-hydrogen) atoms. The smallest absolute Gasteiger partial charge is 0.303 e. The van der Waals surface area contributed by atoms with Crippen molar-refractivity contribution in [3.8, 4) is 0 Å². The predicted octanol–water partition coefficient (Wildman–Crippen LogP) is 1.60. The Morgan fingerprint density at radius 3 is 2.07 bits per heavy atom. The summed E-state index contributed by atoms with van der Waals surface area (Å²) in [7, 11) is 0. The first-order valence-corrected chi connectivity index (χ1v) is 13.0. The van der Waals surface area contributed by atoms with Crippen LogP contribution in [0.1, 0.15) is 49.2 Å². The number of amides is 1. The number of hydrogen-bond acceptors (Lipinski definition) is 12. The Hall–Kier alpha value is -4.53. The number of hydrogen-bond donors (Lipinski definition) is 2. The Kier molecular flexibility index (Phi) is 12.6. The van der Waals surface area contributed by atoms with Gasteiger partial charge in [0.15, 0.2) is 24.6 Å². The molecule has 14 nitrogen and oxygen atoms in total. The van der Waals surface area contributed by atoms with Crippen molar-refractivity contribution >= 4 is 41.2 Å². The van der Waals surface area contributed by atoms with E-state index in [2.05, 4.69) is 5.32 Å². The Morgan fingerprint density at radius 1 is 0.837 bits per heavy atom. The van der Waals surface area contributed by atoms with Crippen LogP contribution in [0.3, 0.4) is 0 Å². The van der Waals surface area contributed by atoms with Crippen LogP contribution < -0.4 is 11.1 Å². The van der Waals surface area contributed by atoms with Gasteiger partial charge in [0.25, 0.3) is 5.91 Å². The van der Waals surface area contributed by atoms with Gasteiger partial charge in [0, 0.05) is 44.6 Å². The molecule has 1 amide bonds. The molecule has 1 aliphatic heterocycles. The third-order valence-corrected chi connectivity index (χ3v) is 6.06. The van der Waals surface area contributed by atoms with Crippen LogP contribution in [-0.4, -0.2) is 72.6 Å². The molecule has 0 radical (unpaired) electrons. The minimum Gasteiger partial charge on any atom is -0.463 e. The van der Waals surface area contributed by atoms with E-state index < -0.39 is 54.6 Å². The number of carbonyl (C=O) groups excluding carboxylic acids is 5. The van der Waals surface area contributed by atoms with Gasteiger partial charge >= 0.3 is 23.9 Å². The number of anilines is 2. The second-order valence-corrected chi connectivity index (χ2v) is 9.61. The summed E-state index contributed by atoms with van der Waals surface area (Å²) in [4.78, 5) is 60.2. The molecule has 2 aromatic carbocycles. The number of nitrogens with two attached hydrogens (primary N) is 1. The Bertz CT molecular complexity index is 1330. The maximum absolute atomic E-state index is 12.8. The largest absolute Gasteiger partial charge is 0.463 e. The fourth-order valence-electron chi connectivity index (χ4n) is 4.27. The van der Waals surface area contributed by atoms with Crippen molar-refractivity contribution in [3.05, 3.63) is 59.2 Å². The van der Waals surface area contributed by atoms with Gasteiger partial charge in [0.1, 0.15) is 12.7 Å². The SMILES string of the molecule is CC(=O)OC[C@H]1O[C@@H](OCc2ccc(C)c(NC(=O)c3cccc(N)c3)c2)[C@H](OC(C)=O)[C@@H](OC(C)=O)[C@@H]1OC(C)=O.O. The zero-order chi connectivity index (χ0) is 31.0. The number of carbonyl (C=O) groups is 5. The fraction of sp³-hybridized carbons (Fsp3) is 0.414. The van der Waals surface area contributed by atoms with E-state index >= 15 is 0 Å². The van der Waals surface area contributed by atoms with E-state index in [0.717, 1.165) is 26.3 Å². The van der Waals surface area contributed by atoms with E-state index in [1.54, 1.807) is 42.5 Å². The minimum absolute atomic E-state index is 0. The Balaban J connectivity index is 0.00000645. The van der Waals surface area contributed by atoms with Gasteiger partial charge in [-0.1, -0.05) is 18.2 Å². The highest BCUT2D eigenvalue weighted by atomic mass is 16.7. The van der Waals surface area contributed by atoms with E-state index in [-0.39, 0.29) is 24.6 Å². The first kappa shape index (κ1) is 34.7. The van der Waals surface area contributed by atoms with Crippen molar-refractivity contribution in [2.24, 2.45) is 0 Å². The van der Waals surface area contributed by atoms with Crippen molar-refractivity contribution in [1.29, 1.82) is 0 Å². The molecule has 234 valence electrons. The number of ether oxygens (including phenoxy) is 6. The molecule has 1 aliphatic rings. The van der Waals surface area contributed by atoms with Crippen molar-refractivity contribution in [3.63, 3.8) is 0 Å². The molecule has 1 fully saturated rings. The van der Waals surface area contributed by atoms with Gasteiger partial charge < -0.3 is 44.9 Å². The summed E-state index contributed by atoms with van der Waals surface area (Å²) >= 11 is 0. The molecule has 0 spiro atoms. The average Bonchev–Trinajstić information content (AvgIpc) is 2.90. The van der Waals surface area contributed by atoms with Crippen molar-refractivity contribution < 1.29 is 57.9 Å². The second kappa shape index (κ2) is 15.6. The van der Waals surface area contributed by atoms with Crippen molar-refractivity contribution in [1.82, 2.24) is 0 Å². The summed E-state index contributed by atoms with van der Waals surface area (Å²) < 4.78 is 33.2. The predicted molar refractivity (Wildman–Crippen MR) is 150 cm³/mol. The molecular formula is C29H36N2O12. The molecule has 0 aliphatic carbocycles. The van der Waals surface area contributed by atoms with Crippen LogP contribution in [0.4, 0.5) is 11.4 Å². The second-order valence-electron chi connectivity index (χ2n) is 9.61. The molecule has 5 N–H and O–H groups in total. The first-order chi connectivity index (χ1) is 19.8. The quantitative estimate of drug-likeness (QED) is 0.225. The molecule has 2 aromatic rings. The van der Waals surface area contributed by atoms with Crippen LogP contribution in [0.5, 0.6) is 0 Å². The highest BCUT2D eigenvalue weighted by molar-refractivity contribution is 6.05. The summed E-state index contributed by atoms with van der Waals surface area (Å²) in [6.45, 7) is 5.94. The van der Waals surface area contributed by atoms with Crippen LogP contribution in [0.2, 0.25) is 0 Å². The number of benzene rings is 2. The zero-order valence-electron chi connectivity index (χ0n) is 24.4. The summed E-state index contributed by atoms with van der Waals surface area (Å²) in [6.07, 6.45) is -6.45. The van der Waals surface area contributed by atoms with Gasteiger partial charge in [-0.15, -0.1) is 0 Å². The molecular weight excluding hydrogens is 568 g/mol. The molecule has 0 unspecified atom stereocenters. The van der Waals surface area contributed by atoms with E-state index in [9.17, 15) is 24.0 Å². The van der Waals surface area contributed by atoms with Crippen LogP contribution in [0.25, 0.3) is 0 Å². The highest BCUT2D eigenvalue weighted by Gasteiger charge is 2.52. The summed E-state index contributed by atoms with van der Waals surface area (Å²) in [5.74, 6) is -3.21. The summed E-state index contributed by atoms with van der Waals surface area (Å²) in [6, 6.07) is 11.8. The van der Waals surface area contributed by atoms with Gasteiger partial charge in [0.2, 0.25) is 0 Å². The average molecular weight is 605 g/mol. The van der Waals surface area contributed by atoms with Crippen molar-refractivity contribution in [2.75, 3.05) is 17.7 Å². The molecule has 0 aromatic heterocycles. The van der Waals surface area contributed by atoms with Crippen LogP contribution in [0.15, 0.2) is 42.5 Å². The minimum atomic E-state index is -1.35. The Morgan fingerprint density at radius 2 is 1.47 bits per heavy atom. The topological polar surface area (TPSA) is 210 Å². The lowest BCUT2D eigenvalue weighted by Crippen LogP contribution is -2.62. The molecule has 3 rings (SSSR count). The number of nitrogens with one attached hydrogen (secondary N) is 1. The van der Waals surface area contributed by atoms with E-state index in [1.807, 2.05) is 6.92 Å². The number of rotatable bonds is 10. The normalized spacial score (nSPS) is 21.0. The number of nitrogen functional groups attached to an aromatic ring is 1.